The Morgan fingerprint density at radius 3 is 1.79 bits per heavy atom. The third-order valence-corrected chi connectivity index (χ3v) is 5.08. The summed E-state index contributed by atoms with van der Waals surface area (Å²) in [5, 5.41) is 0. The molecule has 154 valence electrons. The first-order chi connectivity index (χ1) is 13.4. The Bertz CT molecular complexity index is 964. The third-order valence-electron chi connectivity index (χ3n) is 5.08. The lowest BCUT2D eigenvalue weighted by Crippen LogP contribution is -2.41. The second kappa shape index (κ2) is 7.18. The number of aliphatic imine (C=N–C) groups is 1. The molecule has 0 saturated carbocycles. The fourth-order valence-corrected chi connectivity index (χ4v) is 2.68. The first kappa shape index (κ1) is 21.4. The van der Waals surface area contributed by atoms with Crippen LogP contribution in [0.3, 0.4) is 0 Å². The van der Waals surface area contributed by atoms with E-state index in [1.807, 2.05) is 0 Å². The van der Waals surface area contributed by atoms with Crippen LogP contribution in [0.5, 0.6) is 0 Å². The van der Waals surface area contributed by atoms with Crippen LogP contribution in [0.25, 0.3) is 0 Å². The molecule has 1 aliphatic heterocycles. The largest absolute Gasteiger partial charge is 0.495 e. The standard InChI is InChI=1S/C19H16BF6NO2/c1-18(2)19(3,4)29-20(28-18)11-7-10(21)6-5-9(11)8-27-17-15(25)13(23)12(22)14(24)16(17)26/h5-8H,1-4H3. The Labute approximate surface area is 163 Å². The zero-order valence-corrected chi connectivity index (χ0v) is 15.9. The average molecular weight is 415 g/mol. The second-order valence-corrected chi connectivity index (χ2v) is 7.54. The Morgan fingerprint density at radius 1 is 0.793 bits per heavy atom. The molecule has 0 atom stereocenters. The molecule has 0 aliphatic carbocycles. The van der Waals surface area contributed by atoms with Crippen molar-refractivity contribution in [1.29, 1.82) is 0 Å². The van der Waals surface area contributed by atoms with Gasteiger partial charge in [0.15, 0.2) is 23.3 Å². The molecule has 3 rings (SSSR count). The van der Waals surface area contributed by atoms with Gasteiger partial charge in [-0.3, -0.25) is 0 Å². The van der Waals surface area contributed by atoms with E-state index in [2.05, 4.69) is 4.99 Å². The molecular weight excluding hydrogens is 399 g/mol. The molecule has 0 unspecified atom stereocenters. The monoisotopic (exact) mass is 415 g/mol. The summed E-state index contributed by atoms with van der Waals surface area (Å²) < 4.78 is 93.0. The molecule has 1 heterocycles. The Balaban J connectivity index is 2.05. The lowest BCUT2D eigenvalue weighted by molar-refractivity contribution is 0.00578. The van der Waals surface area contributed by atoms with Crippen LogP contribution < -0.4 is 5.46 Å². The Morgan fingerprint density at radius 2 is 1.28 bits per heavy atom. The van der Waals surface area contributed by atoms with Crippen LogP contribution in [-0.2, 0) is 9.31 Å². The van der Waals surface area contributed by atoms with Gasteiger partial charge in [0.1, 0.15) is 11.5 Å². The van der Waals surface area contributed by atoms with Crippen molar-refractivity contribution in [3.05, 3.63) is 58.7 Å². The molecule has 0 aromatic heterocycles. The number of halogens is 6. The lowest BCUT2D eigenvalue weighted by Gasteiger charge is -2.32. The summed E-state index contributed by atoms with van der Waals surface area (Å²) >= 11 is 0. The smallest absolute Gasteiger partial charge is 0.399 e. The molecule has 0 N–H and O–H groups in total. The van der Waals surface area contributed by atoms with Gasteiger partial charge in [0.2, 0.25) is 5.82 Å². The van der Waals surface area contributed by atoms with Crippen molar-refractivity contribution in [2.75, 3.05) is 0 Å². The van der Waals surface area contributed by atoms with E-state index >= 15 is 0 Å². The molecule has 0 amide bonds. The van der Waals surface area contributed by atoms with Crippen LogP contribution in [0.4, 0.5) is 32.0 Å². The van der Waals surface area contributed by atoms with Crippen molar-refractivity contribution < 1.29 is 35.7 Å². The van der Waals surface area contributed by atoms with Gasteiger partial charge in [-0.1, -0.05) is 6.07 Å². The summed E-state index contributed by atoms with van der Waals surface area (Å²) in [6, 6.07) is 3.36. The van der Waals surface area contributed by atoms with E-state index < -0.39 is 58.9 Å². The van der Waals surface area contributed by atoms with Crippen molar-refractivity contribution in [1.82, 2.24) is 0 Å². The van der Waals surface area contributed by atoms with E-state index in [4.69, 9.17) is 9.31 Å². The topological polar surface area (TPSA) is 30.8 Å². The van der Waals surface area contributed by atoms with E-state index in [1.54, 1.807) is 27.7 Å². The minimum atomic E-state index is -2.28. The predicted octanol–water partition coefficient (Wildman–Crippen LogP) is 4.57. The fraction of sp³-hybridized carbons (Fsp3) is 0.316. The summed E-state index contributed by atoms with van der Waals surface area (Å²) in [7, 11) is -1.03. The molecule has 0 bridgehead atoms. The number of rotatable bonds is 3. The summed E-state index contributed by atoms with van der Waals surface area (Å²) in [6.07, 6.45) is 0.859. The summed E-state index contributed by atoms with van der Waals surface area (Å²) in [5.41, 5.74) is -2.59. The van der Waals surface area contributed by atoms with Gasteiger partial charge in [0.25, 0.3) is 0 Å². The maximum Gasteiger partial charge on any atom is 0.495 e. The minimum Gasteiger partial charge on any atom is -0.399 e. The molecule has 1 fully saturated rings. The summed E-state index contributed by atoms with van der Waals surface area (Å²) in [5.74, 6) is -11.3. The van der Waals surface area contributed by atoms with Gasteiger partial charge in [-0.15, -0.1) is 0 Å². The van der Waals surface area contributed by atoms with E-state index in [1.165, 1.54) is 6.07 Å². The molecule has 0 radical (unpaired) electrons. The Hall–Kier alpha value is -2.33. The lowest BCUT2D eigenvalue weighted by atomic mass is 9.76. The van der Waals surface area contributed by atoms with Gasteiger partial charge in [-0.2, -0.15) is 0 Å². The normalized spacial score (nSPS) is 18.1. The van der Waals surface area contributed by atoms with E-state index in [0.29, 0.717) is 0 Å². The SMILES string of the molecule is CC1(C)OB(c2cc(F)ccc2C=Nc2c(F)c(F)c(F)c(F)c2F)OC1(C)C. The first-order valence-electron chi connectivity index (χ1n) is 8.56. The Kier molecular flexibility index (Phi) is 5.29. The number of benzene rings is 2. The van der Waals surface area contributed by atoms with Crippen molar-refractivity contribution in [2.45, 2.75) is 38.9 Å². The molecule has 10 heteroatoms. The van der Waals surface area contributed by atoms with Crippen LogP contribution >= 0.6 is 0 Å². The van der Waals surface area contributed by atoms with Gasteiger partial charge in [0.05, 0.1) is 11.2 Å². The quantitative estimate of drug-likeness (QED) is 0.242. The number of hydrogen-bond donors (Lipinski definition) is 0. The van der Waals surface area contributed by atoms with Crippen LogP contribution in [0, 0.1) is 34.9 Å². The van der Waals surface area contributed by atoms with Crippen LogP contribution in [0.15, 0.2) is 23.2 Å². The van der Waals surface area contributed by atoms with Gasteiger partial charge < -0.3 is 9.31 Å². The fourth-order valence-electron chi connectivity index (χ4n) is 2.68. The second-order valence-electron chi connectivity index (χ2n) is 7.54. The molecule has 0 spiro atoms. The third kappa shape index (κ3) is 3.66. The minimum absolute atomic E-state index is 0.119. The highest BCUT2D eigenvalue weighted by molar-refractivity contribution is 6.63. The molecule has 2 aromatic rings. The van der Waals surface area contributed by atoms with Gasteiger partial charge in [0, 0.05) is 6.21 Å². The van der Waals surface area contributed by atoms with Gasteiger partial charge in [-0.25, -0.2) is 31.3 Å². The zero-order valence-electron chi connectivity index (χ0n) is 15.9. The predicted molar refractivity (Wildman–Crippen MR) is 95.6 cm³/mol. The van der Waals surface area contributed by atoms with E-state index in [0.717, 1.165) is 18.3 Å². The molecule has 2 aromatic carbocycles. The molecule has 1 saturated heterocycles. The highest BCUT2D eigenvalue weighted by Gasteiger charge is 2.52. The number of hydrogen-bond acceptors (Lipinski definition) is 3. The van der Waals surface area contributed by atoms with Crippen molar-refractivity contribution in [3.63, 3.8) is 0 Å². The summed E-state index contributed by atoms with van der Waals surface area (Å²) in [4.78, 5) is 3.42. The van der Waals surface area contributed by atoms with Crippen molar-refractivity contribution in [3.8, 4) is 0 Å². The molecular formula is C19H16BF6NO2. The first-order valence-corrected chi connectivity index (χ1v) is 8.56. The zero-order chi connectivity index (χ0) is 21.7. The maximum atomic E-state index is 13.8. The van der Waals surface area contributed by atoms with E-state index in [-0.39, 0.29) is 11.0 Å². The van der Waals surface area contributed by atoms with Crippen LogP contribution in [0.2, 0.25) is 0 Å². The van der Waals surface area contributed by atoms with Crippen molar-refractivity contribution in [2.24, 2.45) is 4.99 Å². The van der Waals surface area contributed by atoms with Crippen LogP contribution in [0.1, 0.15) is 33.3 Å². The van der Waals surface area contributed by atoms with Crippen LogP contribution in [-0.4, -0.2) is 24.5 Å². The van der Waals surface area contributed by atoms with Gasteiger partial charge in [-0.05, 0) is 50.9 Å². The molecule has 3 nitrogen and oxygen atoms in total. The highest BCUT2D eigenvalue weighted by atomic mass is 19.2. The molecule has 1 aliphatic rings. The highest BCUT2D eigenvalue weighted by Crippen LogP contribution is 2.36. The van der Waals surface area contributed by atoms with Gasteiger partial charge >= 0.3 is 7.12 Å². The van der Waals surface area contributed by atoms with Crippen molar-refractivity contribution >= 4 is 24.5 Å². The average Bonchev–Trinajstić information content (AvgIpc) is 2.86. The summed E-state index contributed by atoms with van der Waals surface area (Å²) in [6.45, 7) is 7.09. The number of nitrogens with zero attached hydrogens (tertiary/aromatic N) is 1. The molecule has 29 heavy (non-hydrogen) atoms. The maximum absolute atomic E-state index is 13.8. The van der Waals surface area contributed by atoms with E-state index in [9.17, 15) is 26.3 Å².